The number of hydrogen-bond donors (Lipinski definition) is 2. The Balaban J connectivity index is 1.33. The average molecular weight is 414 g/mol. The van der Waals surface area contributed by atoms with Crippen molar-refractivity contribution in [2.45, 2.75) is 19.0 Å². The molecule has 0 aromatic heterocycles. The van der Waals surface area contributed by atoms with Gasteiger partial charge in [-0.25, -0.2) is 4.79 Å². The van der Waals surface area contributed by atoms with Crippen molar-refractivity contribution >= 4 is 11.9 Å². The summed E-state index contributed by atoms with van der Waals surface area (Å²) < 4.78 is 0. The number of carbonyl (C=O) groups is 2. The molecule has 158 valence electrons. The molecule has 3 aromatic rings. The van der Waals surface area contributed by atoms with E-state index in [-0.39, 0.29) is 23.9 Å². The molecule has 1 atom stereocenters. The SMILES string of the molecule is O=C(NCC1CC(=O)N(Cc2ccccc2)C1)NC(c1ccccc1)c1ccccc1. The minimum absolute atomic E-state index is 0.119. The maximum absolute atomic E-state index is 12.7. The standard InChI is InChI=1S/C26H27N3O2/c30-24-16-21(19-29(24)18-20-10-4-1-5-11-20)17-27-26(31)28-25(22-12-6-2-7-13-22)23-14-8-3-9-15-23/h1-15,21,25H,16-19H2,(H2,27,28,31). The van der Waals surface area contributed by atoms with Crippen molar-refractivity contribution in [3.8, 4) is 0 Å². The Morgan fingerprint density at radius 2 is 1.42 bits per heavy atom. The van der Waals surface area contributed by atoms with Gasteiger partial charge in [0.15, 0.2) is 0 Å². The smallest absolute Gasteiger partial charge is 0.315 e. The average Bonchev–Trinajstić information content (AvgIpc) is 3.17. The normalized spacial score (nSPS) is 15.8. The van der Waals surface area contributed by atoms with E-state index in [1.807, 2.05) is 95.9 Å². The van der Waals surface area contributed by atoms with Crippen molar-refractivity contribution in [1.29, 1.82) is 0 Å². The molecule has 4 rings (SSSR count). The molecule has 0 spiro atoms. The fourth-order valence-electron chi connectivity index (χ4n) is 4.02. The molecule has 0 bridgehead atoms. The summed E-state index contributed by atoms with van der Waals surface area (Å²) in [6, 6.07) is 29.4. The molecule has 0 aliphatic carbocycles. The first-order valence-electron chi connectivity index (χ1n) is 10.6. The number of urea groups is 1. The Bertz CT molecular complexity index is 953. The number of rotatable bonds is 7. The highest BCUT2D eigenvalue weighted by Gasteiger charge is 2.29. The summed E-state index contributed by atoms with van der Waals surface area (Å²) in [5.41, 5.74) is 3.17. The highest BCUT2D eigenvalue weighted by atomic mass is 16.2. The van der Waals surface area contributed by atoms with Gasteiger partial charge in [0.05, 0.1) is 6.04 Å². The summed E-state index contributed by atoms with van der Waals surface area (Å²) in [4.78, 5) is 26.9. The van der Waals surface area contributed by atoms with Crippen LogP contribution in [0.2, 0.25) is 0 Å². The number of hydrogen-bond acceptors (Lipinski definition) is 2. The molecule has 3 amide bonds. The van der Waals surface area contributed by atoms with E-state index in [1.54, 1.807) is 0 Å². The van der Waals surface area contributed by atoms with E-state index in [0.29, 0.717) is 26.1 Å². The second kappa shape index (κ2) is 9.94. The number of amides is 3. The second-order valence-electron chi connectivity index (χ2n) is 7.94. The number of likely N-dealkylation sites (tertiary alicyclic amines) is 1. The Kier molecular flexibility index (Phi) is 6.62. The van der Waals surface area contributed by atoms with Crippen LogP contribution in [0.3, 0.4) is 0 Å². The third-order valence-corrected chi connectivity index (χ3v) is 5.60. The van der Waals surface area contributed by atoms with Gasteiger partial charge in [-0.05, 0) is 16.7 Å². The molecule has 0 saturated carbocycles. The van der Waals surface area contributed by atoms with Gasteiger partial charge in [0.2, 0.25) is 5.91 Å². The quantitative estimate of drug-likeness (QED) is 0.612. The van der Waals surface area contributed by atoms with E-state index >= 15 is 0 Å². The van der Waals surface area contributed by atoms with Gasteiger partial charge in [0.1, 0.15) is 0 Å². The lowest BCUT2D eigenvalue weighted by atomic mass is 9.99. The lowest BCUT2D eigenvalue weighted by Gasteiger charge is -2.21. The predicted octanol–water partition coefficient (Wildman–Crippen LogP) is 4.12. The van der Waals surface area contributed by atoms with Crippen LogP contribution in [0.1, 0.15) is 29.2 Å². The third-order valence-electron chi connectivity index (χ3n) is 5.60. The minimum atomic E-state index is -0.234. The molecule has 1 unspecified atom stereocenters. The first-order chi connectivity index (χ1) is 15.2. The van der Waals surface area contributed by atoms with Crippen molar-refractivity contribution < 1.29 is 9.59 Å². The van der Waals surface area contributed by atoms with Gasteiger partial charge < -0.3 is 15.5 Å². The first kappa shape index (κ1) is 20.7. The van der Waals surface area contributed by atoms with Crippen LogP contribution in [0.15, 0.2) is 91.0 Å². The maximum Gasteiger partial charge on any atom is 0.315 e. The molecule has 1 aliphatic heterocycles. The fourth-order valence-corrected chi connectivity index (χ4v) is 4.02. The minimum Gasteiger partial charge on any atom is -0.338 e. The molecule has 1 fully saturated rings. The van der Waals surface area contributed by atoms with Gasteiger partial charge in [-0.2, -0.15) is 0 Å². The van der Waals surface area contributed by atoms with Gasteiger partial charge >= 0.3 is 6.03 Å². The molecule has 31 heavy (non-hydrogen) atoms. The summed E-state index contributed by atoms with van der Waals surface area (Å²) in [6.07, 6.45) is 0.466. The van der Waals surface area contributed by atoms with Crippen LogP contribution >= 0.6 is 0 Å². The van der Waals surface area contributed by atoms with E-state index in [1.165, 1.54) is 0 Å². The third kappa shape index (κ3) is 5.51. The molecule has 1 saturated heterocycles. The molecule has 3 aromatic carbocycles. The van der Waals surface area contributed by atoms with Gasteiger partial charge in [0.25, 0.3) is 0 Å². The molecule has 1 heterocycles. The number of nitrogens with one attached hydrogen (secondary N) is 2. The van der Waals surface area contributed by atoms with Crippen LogP contribution in [-0.2, 0) is 11.3 Å². The lowest BCUT2D eigenvalue weighted by Crippen LogP contribution is -2.40. The van der Waals surface area contributed by atoms with Crippen LogP contribution in [-0.4, -0.2) is 29.9 Å². The maximum atomic E-state index is 12.7. The number of nitrogens with zero attached hydrogens (tertiary/aromatic N) is 1. The van der Waals surface area contributed by atoms with Gasteiger partial charge in [-0.3, -0.25) is 4.79 Å². The zero-order valence-corrected chi connectivity index (χ0v) is 17.4. The second-order valence-corrected chi connectivity index (χ2v) is 7.94. The van der Waals surface area contributed by atoms with Gasteiger partial charge in [-0.1, -0.05) is 91.0 Å². The Morgan fingerprint density at radius 3 is 2.00 bits per heavy atom. The van der Waals surface area contributed by atoms with Gasteiger partial charge in [0, 0.05) is 32.0 Å². The molecule has 1 aliphatic rings. The largest absolute Gasteiger partial charge is 0.338 e. The van der Waals surface area contributed by atoms with Gasteiger partial charge in [-0.15, -0.1) is 0 Å². The van der Waals surface area contributed by atoms with Crippen molar-refractivity contribution in [1.82, 2.24) is 15.5 Å². The van der Waals surface area contributed by atoms with E-state index in [9.17, 15) is 9.59 Å². The van der Waals surface area contributed by atoms with E-state index < -0.39 is 0 Å². The Labute approximate surface area is 183 Å². The molecule has 0 radical (unpaired) electrons. The lowest BCUT2D eigenvalue weighted by molar-refractivity contribution is -0.128. The molecule has 5 nitrogen and oxygen atoms in total. The zero-order chi connectivity index (χ0) is 21.5. The molecular formula is C26H27N3O2. The fraction of sp³-hybridized carbons (Fsp3) is 0.231. The van der Waals surface area contributed by atoms with Crippen molar-refractivity contribution in [3.05, 3.63) is 108 Å². The predicted molar refractivity (Wildman–Crippen MR) is 121 cm³/mol. The highest BCUT2D eigenvalue weighted by molar-refractivity contribution is 5.79. The van der Waals surface area contributed by atoms with Crippen LogP contribution in [0, 0.1) is 5.92 Å². The van der Waals surface area contributed by atoms with Crippen LogP contribution in [0.5, 0.6) is 0 Å². The molecule has 5 heteroatoms. The summed E-state index contributed by atoms with van der Waals surface area (Å²) in [7, 11) is 0. The number of carbonyl (C=O) groups excluding carboxylic acids is 2. The van der Waals surface area contributed by atoms with Crippen LogP contribution < -0.4 is 10.6 Å². The van der Waals surface area contributed by atoms with E-state index in [0.717, 1.165) is 16.7 Å². The summed E-state index contributed by atoms with van der Waals surface area (Å²) in [5.74, 6) is 0.261. The molecule has 2 N–H and O–H groups in total. The summed E-state index contributed by atoms with van der Waals surface area (Å²) in [6.45, 7) is 1.75. The first-order valence-corrected chi connectivity index (χ1v) is 10.6. The zero-order valence-electron chi connectivity index (χ0n) is 17.4. The van der Waals surface area contributed by atoms with Crippen molar-refractivity contribution in [2.75, 3.05) is 13.1 Å². The Morgan fingerprint density at radius 1 is 0.871 bits per heavy atom. The summed E-state index contributed by atoms with van der Waals surface area (Å²) in [5, 5.41) is 6.06. The van der Waals surface area contributed by atoms with Crippen molar-refractivity contribution in [2.24, 2.45) is 5.92 Å². The van der Waals surface area contributed by atoms with Crippen LogP contribution in [0.25, 0.3) is 0 Å². The van der Waals surface area contributed by atoms with Crippen molar-refractivity contribution in [3.63, 3.8) is 0 Å². The van der Waals surface area contributed by atoms with Crippen LogP contribution in [0.4, 0.5) is 4.79 Å². The molecular weight excluding hydrogens is 386 g/mol. The number of benzene rings is 3. The monoisotopic (exact) mass is 413 g/mol. The highest BCUT2D eigenvalue weighted by Crippen LogP contribution is 2.22. The van der Waals surface area contributed by atoms with E-state index in [2.05, 4.69) is 10.6 Å². The Hall–Kier alpha value is -3.60. The topological polar surface area (TPSA) is 61.4 Å². The summed E-state index contributed by atoms with van der Waals surface area (Å²) >= 11 is 0. The van der Waals surface area contributed by atoms with E-state index in [4.69, 9.17) is 0 Å².